The maximum Gasteiger partial charge on any atom is 0.171 e. The Balaban J connectivity index is 2.65. The smallest absolute Gasteiger partial charge is 0.171 e. The van der Waals surface area contributed by atoms with Crippen molar-refractivity contribution in [3.05, 3.63) is 24.2 Å². The van der Waals surface area contributed by atoms with Crippen molar-refractivity contribution in [3.63, 3.8) is 0 Å². The number of Topliss-reactive ketones (excluding diaryl/α,β-unsaturated/α-hetero) is 1. The highest BCUT2D eigenvalue weighted by Gasteiger charge is 2.31. The summed E-state index contributed by atoms with van der Waals surface area (Å²) in [7, 11) is 0. The van der Waals surface area contributed by atoms with E-state index in [1.54, 1.807) is 18.4 Å². The number of hydrogen-bond donors (Lipinski definition) is 0. The van der Waals surface area contributed by atoms with Crippen LogP contribution in [0.3, 0.4) is 0 Å². The molecular weight excluding hydrogens is 192 g/mol. The molecule has 0 aliphatic heterocycles. The molecule has 0 fully saturated rings. The van der Waals surface area contributed by atoms with Gasteiger partial charge in [0.1, 0.15) is 11.4 Å². The van der Waals surface area contributed by atoms with Crippen molar-refractivity contribution in [2.24, 2.45) is 0 Å². The molecular formula is C12H18O3. The Bertz CT molecular complexity index is 303. The molecule has 84 valence electrons. The summed E-state index contributed by atoms with van der Waals surface area (Å²) < 4.78 is 10.6. The Morgan fingerprint density at radius 3 is 2.73 bits per heavy atom. The van der Waals surface area contributed by atoms with E-state index < -0.39 is 5.60 Å². The summed E-state index contributed by atoms with van der Waals surface area (Å²) in [6.45, 7) is 6.24. The second kappa shape index (κ2) is 5.12. The number of carbonyl (C=O) groups excluding carboxylic acids is 1. The molecule has 3 nitrogen and oxygen atoms in total. The van der Waals surface area contributed by atoms with Crippen LogP contribution in [0.25, 0.3) is 0 Å². The van der Waals surface area contributed by atoms with E-state index in [0.29, 0.717) is 25.2 Å². The number of rotatable bonds is 6. The van der Waals surface area contributed by atoms with Crippen LogP contribution in [-0.2, 0) is 16.0 Å². The molecule has 0 aliphatic carbocycles. The lowest BCUT2D eigenvalue weighted by molar-refractivity contribution is -0.142. The second-order valence-corrected chi connectivity index (χ2v) is 3.70. The molecule has 0 bridgehead atoms. The van der Waals surface area contributed by atoms with Crippen molar-refractivity contribution < 1.29 is 13.9 Å². The molecule has 1 unspecified atom stereocenters. The molecule has 0 radical (unpaired) electrons. The zero-order valence-corrected chi connectivity index (χ0v) is 9.58. The summed E-state index contributed by atoms with van der Waals surface area (Å²) in [6.07, 6.45) is 2.56. The molecule has 0 aromatic carbocycles. The number of carbonyl (C=O) groups is 1. The second-order valence-electron chi connectivity index (χ2n) is 3.70. The summed E-state index contributed by atoms with van der Waals surface area (Å²) >= 11 is 0. The van der Waals surface area contributed by atoms with Crippen LogP contribution in [0.15, 0.2) is 22.8 Å². The van der Waals surface area contributed by atoms with Gasteiger partial charge in [-0.25, -0.2) is 0 Å². The molecule has 0 spiro atoms. The first-order chi connectivity index (χ1) is 7.12. The maximum absolute atomic E-state index is 12.0. The van der Waals surface area contributed by atoms with Crippen LogP contribution in [0.2, 0.25) is 0 Å². The fourth-order valence-corrected chi connectivity index (χ4v) is 1.46. The van der Waals surface area contributed by atoms with E-state index in [0.717, 1.165) is 0 Å². The molecule has 0 saturated carbocycles. The summed E-state index contributed by atoms with van der Waals surface area (Å²) in [5.74, 6) is 0.765. The first-order valence-electron chi connectivity index (χ1n) is 5.32. The van der Waals surface area contributed by atoms with Crippen LogP contribution >= 0.6 is 0 Å². The predicted molar refractivity (Wildman–Crippen MR) is 57.7 cm³/mol. The lowest BCUT2D eigenvalue weighted by atomic mass is 9.94. The zero-order chi connectivity index (χ0) is 11.3. The van der Waals surface area contributed by atoms with E-state index in [1.807, 2.05) is 20.8 Å². The molecule has 0 saturated heterocycles. The number of hydrogen-bond acceptors (Lipinski definition) is 3. The summed E-state index contributed by atoms with van der Waals surface area (Å²) in [5.41, 5.74) is -0.679. The van der Waals surface area contributed by atoms with Gasteiger partial charge in [-0.1, -0.05) is 6.92 Å². The first-order valence-corrected chi connectivity index (χ1v) is 5.32. The number of ketones is 1. The molecule has 0 N–H and O–H groups in total. The van der Waals surface area contributed by atoms with Crippen molar-refractivity contribution in [2.45, 2.75) is 39.2 Å². The van der Waals surface area contributed by atoms with E-state index in [9.17, 15) is 4.79 Å². The fraction of sp³-hybridized carbons (Fsp3) is 0.583. The number of ether oxygens (including phenoxy) is 1. The molecule has 1 aromatic heterocycles. The molecule has 15 heavy (non-hydrogen) atoms. The lowest BCUT2D eigenvalue weighted by Crippen LogP contribution is -2.38. The standard InChI is InChI=1S/C12H18O3/c1-4-12(3,15-5-2)11(13)9-10-7-6-8-14-10/h6-8H,4-5,9H2,1-3H3. The average Bonchev–Trinajstić information content (AvgIpc) is 2.70. The first kappa shape index (κ1) is 12.0. The minimum absolute atomic E-state index is 0.0711. The minimum atomic E-state index is -0.679. The predicted octanol–water partition coefficient (Wildman–Crippen LogP) is 2.60. The van der Waals surface area contributed by atoms with Gasteiger partial charge in [0.2, 0.25) is 0 Å². The minimum Gasteiger partial charge on any atom is -0.469 e. The van der Waals surface area contributed by atoms with E-state index in [1.165, 1.54) is 0 Å². The average molecular weight is 210 g/mol. The van der Waals surface area contributed by atoms with Crippen LogP contribution in [0.5, 0.6) is 0 Å². The van der Waals surface area contributed by atoms with Crippen LogP contribution in [0, 0.1) is 0 Å². The molecule has 1 heterocycles. The third kappa shape index (κ3) is 2.93. The molecule has 0 aliphatic rings. The highest BCUT2D eigenvalue weighted by atomic mass is 16.5. The molecule has 1 aromatic rings. The van der Waals surface area contributed by atoms with Crippen molar-refractivity contribution >= 4 is 5.78 Å². The van der Waals surface area contributed by atoms with Gasteiger partial charge in [-0.05, 0) is 32.4 Å². The van der Waals surface area contributed by atoms with E-state index in [4.69, 9.17) is 9.15 Å². The summed E-state index contributed by atoms with van der Waals surface area (Å²) in [6, 6.07) is 3.59. The van der Waals surface area contributed by atoms with Gasteiger partial charge in [0.05, 0.1) is 12.7 Å². The van der Waals surface area contributed by atoms with Gasteiger partial charge in [-0.3, -0.25) is 4.79 Å². The highest BCUT2D eigenvalue weighted by Crippen LogP contribution is 2.19. The Morgan fingerprint density at radius 1 is 1.53 bits per heavy atom. The maximum atomic E-state index is 12.0. The summed E-state index contributed by atoms with van der Waals surface area (Å²) in [5, 5.41) is 0. The van der Waals surface area contributed by atoms with E-state index >= 15 is 0 Å². The Morgan fingerprint density at radius 2 is 2.27 bits per heavy atom. The van der Waals surface area contributed by atoms with Gasteiger partial charge < -0.3 is 9.15 Å². The van der Waals surface area contributed by atoms with E-state index in [-0.39, 0.29) is 5.78 Å². The zero-order valence-electron chi connectivity index (χ0n) is 9.58. The topological polar surface area (TPSA) is 39.4 Å². The van der Waals surface area contributed by atoms with Crippen LogP contribution in [0.4, 0.5) is 0 Å². The Labute approximate surface area is 90.4 Å². The SMILES string of the molecule is CCOC(C)(CC)C(=O)Cc1ccco1. The molecule has 1 atom stereocenters. The van der Waals surface area contributed by atoms with Gasteiger partial charge in [-0.2, -0.15) is 0 Å². The van der Waals surface area contributed by atoms with Crippen molar-refractivity contribution in [2.75, 3.05) is 6.61 Å². The van der Waals surface area contributed by atoms with Crippen molar-refractivity contribution in [1.82, 2.24) is 0 Å². The highest BCUT2D eigenvalue weighted by molar-refractivity contribution is 5.88. The number of furan rings is 1. The molecule has 1 rings (SSSR count). The van der Waals surface area contributed by atoms with Crippen molar-refractivity contribution in [1.29, 1.82) is 0 Å². The summed E-state index contributed by atoms with van der Waals surface area (Å²) in [4.78, 5) is 12.0. The fourth-order valence-electron chi connectivity index (χ4n) is 1.46. The van der Waals surface area contributed by atoms with Crippen LogP contribution in [0.1, 0.15) is 33.0 Å². The normalized spacial score (nSPS) is 14.9. The van der Waals surface area contributed by atoms with Crippen LogP contribution < -0.4 is 0 Å². The molecule has 3 heteroatoms. The van der Waals surface area contributed by atoms with E-state index in [2.05, 4.69) is 0 Å². The van der Waals surface area contributed by atoms with Gasteiger partial charge in [0.15, 0.2) is 5.78 Å². The Hall–Kier alpha value is -1.09. The Kier molecular flexibility index (Phi) is 4.09. The van der Waals surface area contributed by atoms with Crippen molar-refractivity contribution in [3.8, 4) is 0 Å². The van der Waals surface area contributed by atoms with Crippen LogP contribution in [-0.4, -0.2) is 18.0 Å². The largest absolute Gasteiger partial charge is 0.469 e. The monoisotopic (exact) mass is 210 g/mol. The van der Waals surface area contributed by atoms with Gasteiger partial charge in [-0.15, -0.1) is 0 Å². The quantitative estimate of drug-likeness (QED) is 0.724. The third-order valence-corrected chi connectivity index (χ3v) is 2.64. The van der Waals surface area contributed by atoms with Gasteiger partial charge in [0, 0.05) is 6.61 Å². The lowest BCUT2D eigenvalue weighted by Gasteiger charge is -2.26. The van der Waals surface area contributed by atoms with Gasteiger partial charge in [0.25, 0.3) is 0 Å². The molecule has 0 amide bonds. The van der Waals surface area contributed by atoms with Gasteiger partial charge >= 0.3 is 0 Å². The third-order valence-electron chi connectivity index (χ3n) is 2.64.